The van der Waals surface area contributed by atoms with Gasteiger partial charge in [-0.05, 0) is 49.1 Å². The van der Waals surface area contributed by atoms with E-state index in [1.54, 1.807) is 11.3 Å². The maximum atomic E-state index is 11.6. The molecule has 2 heterocycles. The molecule has 8 heteroatoms. The fraction of sp³-hybridized carbons (Fsp3) is 0.722. The van der Waals surface area contributed by atoms with E-state index in [0.717, 1.165) is 12.4 Å². The van der Waals surface area contributed by atoms with Crippen molar-refractivity contribution in [1.29, 1.82) is 0 Å². The maximum absolute atomic E-state index is 11.6. The number of nitrogens with one attached hydrogen (secondary N) is 2. The first-order chi connectivity index (χ1) is 12.0. The van der Waals surface area contributed by atoms with E-state index in [1.807, 2.05) is 0 Å². The fourth-order valence-corrected chi connectivity index (χ4v) is 6.28. The first-order valence-electron chi connectivity index (χ1n) is 9.30. The molecule has 0 spiro atoms. The molecule has 0 bridgehead atoms. The van der Waals surface area contributed by atoms with Crippen molar-refractivity contribution >= 4 is 51.1 Å². The van der Waals surface area contributed by atoms with Gasteiger partial charge in [0.05, 0.1) is 18.1 Å². The van der Waals surface area contributed by atoms with Gasteiger partial charge in [0.15, 0.2) is 15.8 Å². The molecule has 1 atom stereocenters. The molecule has 0 amide bonds. The second-order valence-electron chi connectivity index (χ2n) is 7.32. The van der Waals surface area contributed by atoms with Gasteiger partial charge in [0.2, 0.25) is 0 Å². The van der Waals surface area contributed by atoms with Crippen LogP contribution in [-0.4, -0.2) is 38.5 Å². The quantitative estimate of drug-likeness (QED) is 0.361. The molecular weight excluding hydrogens is 481 g/mol. The van der Waals surface area contributed by atoms with Gasteiger partial charge in [-0.2, -0.15) is 0 Å². The van der Waals surface area contributed by atoms with E-state index < -0.39 is 9.84 Å². The van der Waals surface area contributed by atoms with Crippen LogP contribution in [0.2, 0.25) is 0 Å². The number of sulfone groups is 1. The monoisotopic (exact) mass is 511 g/mol. The topological polar surface area (TPSA) is 70.6 Å². The number of halogens is 1. The van der Waals surface area contributed by atoms with Crippen LogP contribution in [0.4, 0.5) is 0 Å². The number of rotatable bonds is 5. The summed E-state index contributed by atoms with van der Waals surface area (Å²) >= 11 is 1.74. The first kappa shape index (κ1) is 21.9. The molecule has 1 aromatic rings. The summed E-state index contributed by atoms with van der Waals surface area (Å²) in [5.74, 6) is 1.67. The molecule has 26 heavy (non-hydrogen) atoms. The van der Waals surface area contributed by atoms with Crippen LogP contribution in [0.15, 0.2) is 16.4 Å². The Bertz CT molecular complexity index is 697. The minimum absolute atomic E-state index is 0. The molecule has 1 saturated heterocycles. The van der Waals surface area contributed by atoms with Crippen LogP contribution >= 0.6 is 35.3 Å². The average Bonchev–Trinajstić information content (AvgIpc) is 3.16. The standard InChI is InChI=1S/C18H29N3O2S2.HI/c1-14-7-9-24-17(14)12-20-18(21-16-5-3-2-4-6-16)19-11-15-8-10-25(22,23)13-15;/h7,9,15-16H,2-6,8,10-13H2,1H3,(H2,19,20,21);1H. The Morgan fingerprint density at radius 2 is 2.04 bits per heavy atom. The Morgan fingerprint density at radius 1 is 1.27 bits per heavy atom. The van der Waals surface area contributed by atoms with Gasteiger partial charge in [0.1, 0.15) is 0 Å². The molecule has 0 aromatic carbocycles. The lowest BCUT2D eigenvalue weighted by molar-refractivity contribution is 0.408. The van der Waals surface area contributed by atoms with Crippen molar-refractivity contribution in [1.82, 2.24) is 10.6 Å². The molecule has 2 N–H and O–H groups in total. The number of aryl methyl sites for hydroxylation is 1. The van der Waals surface area contributed by atoms with Crippen molar-refractivity contribution in [2.24, 2.45) is 10.9 Å². The number of thiophene rings is 1. The summed E-state index contributed by atoms with van der Waals surface area (Å²) in [6, 6.07) is 2.61. The zero-order chi connectivity index (χ0) is 17.7. The zero-order valence-corrected chi connectivity index (χ0v) is 19.3. The van der Waals surface area contributed by atoms with Crippen LogP contribution in [-0.2, 0) is 16.4 Å². The molecule has 2 aliphatic rings. The Morgan fingerprint density at radius 3 is 2.65 bits per heavy atom. The van der Waals surface area contributed by atoms with Gasteiger partial charge in [-0.25, -0.2) is 13.4 Å². The highest BCUT2D eigenvalue weighted by atomic mass is 127. The molecule has 0 radical (unpaired) electrons. The third kappa shape index (κ3) is 6.67. The smallest absolute Gasteiger partial charge is 0.191 e. The van der Waals surface area contributed by atoms with E-state index >= 15 is 0 Å². The maximum Gasteiger partial charge on any atom is 0.191 e. The molecule has 1 unspecified atom stereocenters. The molecule has 3 rings (SSSR count). The largest absolute Gasteiger partial charge is 0.356 e. The Balaban J connectivity index is 0.00000243. The molecule has 1 aliphatic carbocycles. The van der Waals surface area contributed by atoms with Crippen molar-refractivity contribution in [3.8, 4) is 0 Å². The van der Waals surface area contributed by atoms with Gasteiger partial charge in [-0.15, -0.1) is 35.3 Å². The summed E-state index contributed by atoms with van der Waals surface area (Å²) in [5.41, 5.74) is 1.28. The summed E-state index contributed by atoms with van der Waals surface area (Å²) < 4.78 is 23.3. The van der Waals surface area contributed by atoms with Gasteiger partial charge in [0.25, 0.3) is 0 Å². The average molecular weight is 511 g/mol. The Kier molecular flexibility index (Phi) is 8.66. The highest BCUT2D eigenvalue weighted by molar-refractivity contribution is 14.0. The van der Waals surface area contributed by atoms with Crippen LogP contribution < -0.4 is 10.6 Å². The van der Waals surface area contributed by atoms with E-state index in [-0.39, 0.29) is 29.9 Å². The van der Waals surface area contributed by atoms with Crippen LogP contribution in [0.1, 0.15) is 49.0 Å². The summed E-state index contributed by atoms with van der Waals surface area (Å²) in [6.07, 6.45) is 7.02. The predicted octanol–water partition coefficient (Wildman–Crippen LogP) is 3.48. The highest BCUT2D eigenvalue weighted by Crippen LogP contribution is 2.19. The van der Waals surface area contributed by atoms with Crippen molar-refractivity contribution in [3.05, 3.63) is 21.9 Å². The van der Waals surface area contributed by atoms with Gasteiger partial charge in [0, 0.05) is 17.5 Å². The Hall–Kier alpha value is -0.350. The lowest BCUT2D eigenvalue weighted by Gasteiger charge is -2.25. The number of aliphatic imine (C=N–C) groups is 1. The Labute approximate surface area is 178 Å². The van der Waals surface area contributed by atoms with Crippen LogP contribution in [0, 0.1) is 12.8 Å². The fourth-order valence-electron chi connectivity index (χ4n) is 3.58. The first-order valence-corrected chi connectivity index (χ1v) is 12.0. The summed E-state index contributed by atoms with van der Waals surface area (Å²) in [5, 5.41) is 9.09. The number of guanidine groups is 1. The number of nitrogens with zero attached hydrogens (tertiary/aromatic N) is 1. The van der Waals surface area contributed by atoms with Gasteiger partial charge >= 0.3 is 0 Å². The van der Waals surface area contributed by atoms with Gasteiger partial charge in [-0.1, -0.05) is 19.3 Å². The lowest BCUT2D eigenvalue weighted by atomic mass is 9.96. The van der Waals surface area contributed by atoms with Crippen LogP contribution in [0.3, 0.4) is 0 Å². The van der Waals surface area contributed by atoms with Crippen molar-refractivity contribution in [2.45, 2.75) is 58.0 Å². The van der Waals surface area contributed by atoms with Crippen molar-refractivity contribution in [2.75, 3.05) is 18.1 Å². The molecule has 148 valence electrons. The summed E-state index contributed by atoms with van der Waals surface area (Å²) in [6.45, 7) is 3.47. The zero-order valence-electron chi connectivity index (χ0n) is 15.4. The lowest BCUT2D eigenvalue weighted by Crippen LogP contribution is -2.45. The molecule has 1 saturated carbocycles. The van der Waals surface area contributed by atoms with E-state index in [9.17, 15) is 8.42 Å². The van der Waals surface area contributed by atoms with E-state index in [1.165, 1.54) is 42.5 Å². The SMILES string of the molecule is Cc1ccsc1CN=C(NCC1CCS(=O)(=O)C1)NC1CCCCC1.I. The molecule has 1 aliphatic heterocycles. The van der Waals surface area contributed by atoms with Gasteiger partial charge < -0.3 is 10.6 Å². The molecule has 2 fully saturated rings. The molecular formula is C18H30IN3O2S2. The van der Waals surface area contributed by atoms with Gasteiger partial charge in [-0.3, -0.25) is 0 Å². The third-order valence-corrected chi connectivity index (χ3v) is 8.02. The van der Waals surface area contributed by atoms with E-state index in [2.05, 4.69) is 29.0 Å². The highest BCUT2D eigenvalue weighted by Gasteiger charge is 2.28. The predicted molar refractivity (Wildman–Crippen MR) is 120 cm³/mol. The minimum Gasteiger partial charge on any atom is -0.356 e. The summed E-state index contributed by atoms with van der Waals surface area (Å²) in [7, 11) is -2.82. The molecule has 5 nitrogen and oxygen atoms in total. The van der Waals surface area contributed by atoms with E-state index in [0.29, 0.717) is 30.6 Å². The second kappa shape index (κ2) is 10.3. The normalized spacial score (nSPS) is 23.4. The number of hydrogen-bond donors (Lipinski definition) is 2. The van der Waals surface area contributed by atoms with Crippen molar-refractivity contribution < 1.29 is 8.42 Å². The summed E-state index contributed by atoms with van der Waals surface area (Å²) in [4.78, 5) is 6.06. The van der Waals surface area contributed by atoms with Crippen LogP contribution in [0.25, 0.3) is 0 Å². The second-order valence-corrected chi connectivity index (χ2v) is 10.6. The third-order valence-electron chi connectivity index (χ3n) is 5.18. The van der Waals surface area contributed by atoms with Crippen LogP contribution in [0.5, 0.6) is 0 Å². The minimum atomic E-state index is -2.82. The molecule has 1 aromatic heterocycles. The number of hydrogen-bond acceptors (Lipinski definition) is 4. The van der Waals surface area contributed by atoms with Crippen molar-refractivity contribution in [3.63, 3.8) is 0 Å². The van der Waals surface area contributed by atoms with E-state index in [4.69, 9.17) is 4.99 Å².